The lowest BCUT2D eigenvalue weighted by Gasteiger charge is -2.34. The maximum Gasteiger partial charge on any atom is 0.335 e. The molecule has 1 saturated carbocycles. The van der Waals surface area contributed by atoms with Crippen LogP contribution in [0.1, 0.15) is 53.9 Å². The molecule has 174 valence electrons. The van der Waals surface area contributed by atoms with Gasteiger partial charge in [0.25, 0.3) is 5.91 Å². The number of likely N-dealkylation sites (tertiary alicyclic amines) is 1. The van der Waals surface area contributed by atoms with Gasteiger partial charge in [-0.15, -0.1) is 0 Å². The first-order valence-electron chi connectivity index (χ1n) is 11.5. The van der Waals surface area contributed by atoms with E-state index < -0.39 is 11.8 Å². The van der Waals surface area contributed by atoms with Gasteiger partial charge in [0.2, 0.25) is 0 Å². The first-order valence-corrected chi connectivity index (χ1v) is 11.5. The molecule has 33 heavy (non-hydrogen) atoms. The molecule has 7 heteroatoms. The Balaban J connectivity index is 1.28. The maximum atomic E-state index is 14.4. The maximum absolute atomic E-state index is 14.4. The summed E-state index contributed by atoms with van der Waals surface area (Å²) in [7, 11) is 1.38. The molecular formula is C26H28FNO5. The monoisotopic (exact) mass is 453 g/mol. The zero-order valence-corrected chi connectivity index (χ0v) is 18.7. The molecule has 1 spiro atoms. The summed E-state index contributed by atoms with van der Waals surface area (Å²) >= 11 is 0. The van der Waals surface area contributed by atoms with Crippen LogP contribution in [0.4, 0.5) is 4.39 Å². The summed E-state index contributed by atoms with van der Waals surface area (Å²) < 4.78 is 25.1. The van der Waals surface area contributed by atoms with Crippen molar-refractivity contribution >= 4 is 11.9 Å². The average molecular weight is 454 g/mol. The van der Waals surface area contributed by atoms with Crippen molar-refractivity contribution < 1.29 is 28.6 Å². The Morgan fingerprint density at radius 2 is 1.91 bits per heavy atom. The lowest BCUT2D eigenvalue weighted by atomic mass is 9.88. The van der Waals surface area contributed by atoms with Crippen LogP contribution in [-0.4, -0.2) is 54.8 Å². The number of piperidine rings is 1. The summed E-state index contributed by atoms with van der Waals surface area (Å²) in [6.45, 7) is 2.25. The number of amides is 1. The Hall–Kier alpha value is -2.93. The zero-order chi connectivity index (χ0) is 23.2. The van der Waals surface area contributed by atoms with Gasteiger partial charge >= 0.3 is 5.97 Å². The van der Waals surface area contributed by atoms with Crippen LogP contribution < -0.4 is 4.74 Å². The Bertz CT molecular complexity index is 1070. The number of carbonyl (C=O) groups is 2. The molecule has 0 bridgehead atoms. The highest BCUT2D eigenvalue weighted by Crippen LogP contribution is 2.65. The molecule has 2 aromatic rings. The Labute approximate surface area is 192 Å². The SMILES string of the molecule is COc1c(F)cc(C(=O)O)cc1-c1ccc([C@@H]2CC23CCN(C(=O)[C@H]2CCCO2)CC3)cc1. The molecule has 1 amide bonds. The quantitative estimate of drug-likeness (QED) is 0.723. The minimum atomic E-state index is -1.18. The number of carboxylic acid groups (broad SMARTS) is 1. The van der Waals surface area contributed by atoms with E-state index >= 15 is 0 Å². The predicted molar refractivity (Wildman–Crippen MR) is 120 cm³/mol. The van der Waals surface area contributed by atoms with Crippen LogP contribution in [0, 0.1) is 11.2 Å². The second kappa shape index (κ2) is 8.45. The van der Waals surface area contributed by atoms with Crippen molar-refractivity contribution in [2.75, 3.05) is 26.8 Å². The Morgan fingerprint density at radius 3 is 2.52 bits per heavy atom. The molecule has 3 aliphatic rings. The average Bonchev–Trinajstić information content (AvgIpc) is 3.24. The highest BCUT2D eigenvalue weighted by molar-refractivity contribution is 5.90. The lowest BCUT2D eigenvalue weighted by molar-refractivity contribution is -0.142. The molecule has 1 N–H and O–H groups in total. The van der Waals surface area contributed by atoms with Gasteiger partial charge in [-0.1, -0.05) is 24.3 Å². The van der Waals surface area contributed by atoms with E-state index in [-0.39, 0.29) is 28.7 Å². The van der Waals surface area contributed by atoms with Crippen molar-refractivity contribution in [1.29, 1.82) is 0 Å². The third-order valence-electron chi connectivity index (χ3n) is 7.58. The van der Waals surface area contributed by atoms with E-state index in [0.717, 1.165) is 51.3 Å². The second-order valence-electron chi connectivity index (χ2n) is 9.41. The van der Waals surface area contributed by atoms with Gasteiger partial charge in [-0.2, -0.15) is 0 Å². The third kappa shape index (κ3) is 3.99. The van der Waals surface area contributed by atoms with Crippen LogP contribution in [0.25, 0.3) is 11.1 Å². The number of halogens is 1. The van der Waals surface area contributed by atoms with Crippen molar-refractivity contribution in [3.05, 3.63) is 53.3 Å². The van der Waals surface area contributed by atoms with E-state index in [1.54, 1.807) is 0 Å². The number of hydrogen-bond acceptors (Lipinski definition) is 4. The summed E-state index contributed by atoms with van der Waals surface area (Å²) in [6.07, 6.45) is 4.66. The predicted octanol–water partition coefficient (Wildman–Crippen LogP) is 4.47. The summed E-state index contributed by atoms with van der Waals surface area (Å²) in [6, 6.07) is 10.3. The van der Waals surface area contributed by atoms with Crippen LogP contribution in [0.3, 0.4) is 0 Å². The summed E-state index contributed by atoms with van der Waals surface area (Å²) in [5.74, 6) is -1.23. The van der Waals surface area contributed by atoms with Gasteiger partial charge in [-0.3, -0.25) is 4.79 Å². The van der Waals surface area contributed by atoms with Crippen LogP contribution in [-0.2, 0) is 9.53 Å². The number of carboxylic acids is 1. The minimum absolute atomic E-state index is 0.0407. The number of ether oxygens (including phenoxy) is 2. The van der Waals surface area contributed by atoms with E-state index in [1.165, 1.54) is 18.7 Å². The topological polar surface area (TPSA) is 76.1 Å². The number of nitrogens with zero attached hydrogens (tertiary/aromatic N) is 1. The number of rotatable bonds is 5. The molecule has 3 fully saturated rings. The molecule has 0 radical (unpaired) electrons. The highest BCUT2D eigenvalue weighted by Gasteiger charge is 2.55. The third-order valence-corrected chi connectivity index (χ3v) is 7.58. The van der Waals surface area contributed by atoms with Gasteiger partial charge in [0.1, 0.15) is 6.10 Å². The van der Waals surface area contributed by atoms with Gasteiger partial charge < -0.3 is 19.5 Å². The normalized spacial score (nSPS) is 23.5. The fourth-order valence-corrected chi connectivity index (χ4v) is 5.55. The van der Waals surface area contributed by atoms with E-state index in [4.69, 9.17) is 9.47 Å². The Kier molecular flexibility index (Phi) is 5.60. The molecule has 2 heterocycles. The number of benzene rings is 2. The largest absolute Gasteiger partial charge is 0.493 e. The molecule has 2 aliphatic heterocycles. The fraction of sp³-hybridized carbons (Fsp3) is 0.462. The molecular weight excluding hydrogens is 425 g/mol. The summed E-state index contributed by atoms with van der Waals surface area (Å²) in [5.41, 5.74) is 2.50. The van der Waals surface area contributed by atoms with Gasteiger partial charge in [-0.25, -0.2) is 9.18 Å². The van der Waals surface area contributed by atoms with E-state index in [1.807, 2.05) is 29.2 Å². The van der Waals surface area contributed by atoms with E-state index in [0.29, 0.717) is 23.7 Å². The van der Waals surface area contributed by atoms with Crippen LogP contribution in [0.15, 0.2) is 36.4 Å². The van der Waals surface area contributed by atoms with Crippen molar-refractivity contribution in [2.24, 2.45) is 5.41 Å². The van der Waals surface area contributed by atoms with Crippen molar-refractivity contribution in [1.82, 2.24) is 4.90 Å². The van der Waals surface area contributed by atoms with E-state index in [2.05, 4.69) is 0 Å². The second-order valence-corrected chi connectivity index (χ2v) is 9.41. The first kappa shape index (κ1) is 21.9. The first-order chi connectivity index (χ1) is 15.9. The molecule has 2 saturated heterocycles. The summed E-state index contributed by atoms with van der Waals surface area (Å²) in [4.78, 5) is 26.0. The van der Waals surface area contributed by atoms with Crippen LogP contribution in [0.2, 0.25) is 0 Å². The highest BCUT2D eigenvalue weighted by atomic mass is 19.1. The number of hydrogen-bond donors (Lipinski definition) is 1. The van der Waals surface area contributed by atoms with Gasteiger partial charge in [0.05, 0.1) is 12.7 Å². The molecule has 1 aliphatic carbocycles. The fourth-order valence-electron chi connectivity index (χ4n) is 5.55. The smallest absolute Gasteiger partial charge is 0.335 e. The molecule has 0 aromatic heterocycles. The van der Waals surface area contributed by atoms with Gasteiger partial charge in [0, 0.05) is 25.3 Å². The number of aromatic carboxylic acids is 1. The minimum Gasteiger partial charge on any atom is -0.493 e. The molecule has 2 aromatic carbocycles. The van der Waals surface area contributed by atoms with Crippen molar-refractivity contribution in [2.45, 2.75) is 44.1 Å². The van der Waals surface area contributed by atoms with Crippen LogP contribution in [0.5, 0.6) is 5.75 Å². The van der Waals surface area contributed by atoms with Gasteiger partial charge in [0.15, 0.2) is 11.6 Å². The zero-order valence-electron chi connectivity index (χ0n) is 18.7. The number of methoxy groups -OCH3 is 1. The lowest BCUT2D eigenvalue weighted by Crippen LogP contribution is -2.44. The molecule has 5 rings (SSSR count). The summed E-state index contributed by atoms with van der Waals surface area (Å²) in [5, 5.41) is 9.29. The van der Waals surface area contributed by atoms with Gasteiger partial charge in [-0.05, 0) is 66.7 Å². The standard InChI is InChI=1S/C26H28FNO5/c1-32-23-19(13-18(25(30)31)14-21(23)27)16-4-6-17(7-5-16)20-15-26(20)8-10-28(11-9-26)24(29)22-3-2-12-33-22/h4-7,13-14,20,22H,2-3,8-12,15H2,1H3,(H,30,31)/t20-,22+/m0/s1. The van der Waals surface area contributed by atoms with Crippen molar-refractivity contribution in [3.63, 3.8) is 0 Å². The molecule has 0 unspecified atom stereocenters. The van der Waals surface area contributed by atoms with Crippen LogP contribution >= 0.6 is 0 Å². The molecule has 6 nitrogen and oxygen atoms in total. The molecule has 2 atom stereocenters. The Morgan fingerprint density at radius 1 is 1.18 bits per heavy atom. The number of carbonyl (C=O) groups excluding carboxylic acids is 1. The van der Waals surface area contributed by atoms with E-state index in [9.17, 15) is 19.1 Å². The van der Waals surface area contributed by atoms with Crippen molar-refractivity contribution in [3.8, 4) is 16.9 Å².